The van der Waals surface area contributed by atoms with Crippen LogP contribution >= 0.6 is 11.8 Å². The van der Waals surface area contributed by atoms with E-state index in [1.54, 1.807) is 7.11 Å². The van der Waals surface area contributed by atoms with E-state index in [2.05, 4.69) is 10.2 Å². The summed E-state index contributed by atoms with van der Waals surface area (Å²) < 4.78 is 6.84. The van der Waals surface area contributed by atoms with Crippen molar-refractivity contribution in [2.24, 2.45) is 0 Å². The molecule has 150 valence electrons. The number of amides is 1. The number of likely N-dealkylation sites (tertiary alicyclic amines) is 1. The molecule has 0 spiro atoms. The van der Waals surface area contributed by atoms with Gasteiger partial charge in [-0.2, -0.15) is 0 Å². The van der Waals surface area contributed by atoms with E-state index in [9.17, 15) is 4.79 Å². The van der Waals surface area contributed by atoms with Crippen molar-refractivity contribution in [2.45, 2.75) is 23.2 Å². The number of nitrogens with zero attached hydrogens (tertiary/aromatic N) is 4. The summed E-state index contributed by atoms with van der Waals surface area (Å²) in [7, 11) is 1.60. The molecule has 2 aromatic carbocycles. The zero-order chi connectivity index (χ0) is 20.2. The second kappa shape index (κ2) is 8.57. The number of nitrogen functional groups attached to an aromatic ring is 1. The SMILES string of the molecule is COc1ccccc1-c1nnc(S[C@@H](C(=O)N2CCCC2)c2ccccc2)n1N. The number of ether oxygens (including phenoxy) is 1. The largest absolute Gasteiger partial charge is 0.496 e. The van der Waals surface area contributed by atoms with Gasteiger partial charge >= 0.3 is 0 Å². The summed E-state index contributed by atoms with van der Waals surface area (Å²) in [5, 5.41) is 8.58. The van der Waals surface area contributed by atoms with E-state index in [-0.39, 0.29) is 5.91 Å². The first-order chi connectivity index (χ1) is 14.2. The molecule has 3 aromatic rings. The fourth-order valence-electron chi connectivity index (χ4n) is 3.47. The Bertz CT molecular complexity index is 986. The van der Waals surface area contributed by atoms with Gasteiger partial charge in [0.05, 0.1) is 12.7 Å². The molecule has 1 aliphatic heterocycles. The monoisotopic (exact) mass is 409 g/mol. The number of carbonyl (C=O) groups excluding carboxylic acids is 1. The van der Waals surface area contributed by atoms with E-state index < -0.39 is 5.25 Å². The van der Waals surface area contributed by atoms with Gasteiger partial charge in [0.25, 0.3) is 0 Å². The van der Waals surface area contributed by atoms with Gasteiger partial charge < -0.3 is 15.5 Å². The van der Waals surface area contributed by atoms with Crippen molar-refractivity contribution in [2.75, 3.05) is 26.0 Å². The smallest absolute Gasteiger partial charge is 0.240 e. The van der Waals surface area contributed by atoms with Crippen LogP contribution in [0, 0.1) is 0 Å². The van der Waals surface area contributed by atoms with Crippen LogP contribution < -0.4 is 10.6 Å². The van der Waals surface area contributed by atoms with Crippen LogP contribution in [0.1, 0.15) is 23.7 Å². The highest BCUT2D eigenvalue weighted by molar-refractivity contribution is 8.00. The third kappa shape index (κ3) is 3.93. The lowest BCUT2D eigenvalue weighted by Gasteiger charge is -2.22. The normalized spacial score (nSPS) is 14.7. The van der Waals surface area contributed by atoms with Crippen molar-refractivity contribution in [3.63, 3.8) is 0 Å². The summed E-state index contributed by atoms with van der Waals surface area (Å²) in [6.07, 6.45) is 2.09. The van der Waals surface area contributed by atoms with E-state index in [4.69, 9.17) is 10.6 Å². The number of methoxy groups -OCH3 is 1. The highest BCUT2D eigenvalue weighted by atomic mass is 32.2. The average molecular weight is 410 g/mol. The molecular formula is C21H23N5O2S. The molecule has 1 atom stereocenters. The van der Waals surface area contributed by atoms with Gasteiger partial charge in [-0.3, -0.25) is 4.79 Å². The number of aromatic nitrogens is 3. The first-order valence-corrected chi connectivity index (χ1v) is 10.4. The van der Waals surface area contributed by atoms with Crippen LogP contribution in [0.2, 0.25) is 0 Å². The maximum Gasteiger partial charge on any atom is 0.240 e. The summed E-state index contributed by atoms with van der Waals surface area (Å²) in [4.78, 5) is 15.1. The highest BCUT2D eigenvalue weighted by Crippen LogP contribution is 2.38. The second-order valence-electron chi connectivity index (χ2n) is 6.82. The lowest BCUT2D eigenvalue weighted by molar-refractivity contribution is -0.129. The molecule has 7 nitrogen and oxygen atoms in total. The highest BCUT2D eigenvalue weighted by Gasteiger charge is 2.30. The van der Waals surface area contributed by atoms with Crippen LogP contribution in [0.4, 0.5) is 0 Å². The Balaban J connectivity index is 1.66. The first kappa shape index (κ1) is 19.3. The van der Waals surface area contributed by atoms with Gasteiger partial charge in [-0.15, -0.1) is 10.2 Å². The zero-order valence-corrected chi connectivity index (χ0v) is 17.0. The molecule has 1 saturated heterocycles. The van der Waals surface area contributed by atoms with Crippen molar-refractivity contribution in [1.29, 1.82) is 0 Å². The standard InChI is InChI=1S/C21H23N5O2S/c1-28-17-12-6-5-11-16(17)19-23-24-21(26(19)22)29-18(15-9-3-2-4-10-15)20(27)25-13-7-8-14-25/h2-6,9-12,18H,7-8,13-14,22H2,1H3/t18-/m1/s1. The number of para-hydroxylation sites is 1. The van der Waals surface area contributed by atoms with Crippen molar-refractivity contribution in [1.82, 2.24) is 19.8 Å². The molecule has 29 heavy (non-hydrogen) atoms. The number of hydrogen-bond acceptors (Lipinski definition) is 6. The van der Waals surface area contributed by atoms with E-state index in [0.717, 1.165) is 37.1 Å². The summed E-state index contributed by atoms with van der Waals surface area (Å²) >= 11 is 1.32. The summed E-state index contributed by atoms with van der Waals surface area (Å²) in [5.74, 6) is 7.57. The Kier molecular flexibility index (Phi) is 5.71. The third-order valence-corrected chi connectivity index (χ3v) is 6.18. The molecule has 4 rings (SSSR count). The summed E-state index contributed by atoms with van der Waals surface area (Å²) in [6, 6.07) is 17.2. The third-order valence-electron chi connectivity index (χ3n) is 4.98. The predicted octanol–water partition coefficient (Wildman–Crippen LogP) is 3.12. The van der Waals surface area contributed by atoms with Gasteiger partial charge in [0.2, 0.25) is 11.1 Å². The van der Waals surface area contributed by atoms with Gasteiger partial charge in [0.1, 0.15) is 11.0 Å². The first-order valence-electron chi connectivity index (χ1n) is 9.53. The predicted molar refractivity (Wildman–Crippen MR) is 113 cm³/mol. The molecule has 1 aliphatic rings. The maximum absolute atomic E-state index is 13.2. The lowest BCUT2D eigenvalue weighted by atomic mass is 10.1. The van der Waals surface area contributed by atoms with Crippen LogP contribution in [0.5, 0.6) is 5.75 Å². The second-order valence-corrected chi connectivity index (χ2v) is 7.89. The van der Waals surface area contributed by atoms with Gasteiger partial charge in [-0.05, 0) is 30.5 Å². The van der Waals surface area contributed by atoms with Gasteiger partial charge in [0.15, 0.2) is 5.82 Å². The number of thioether (sulfide) groups is 1. The van der Waals surface area contributed by atoms with Crippen LogP contribution in [0.15, 0.2) is 59.8 Å². The Labute approximate surface area is 173 Å². The van der Waals surface area contributed by atoms with Crippen molar-refractivity contribution >= 4 is 17.7 Å². The molecule has 0 unspecified atom stereocenters. The average Bonchev–Trinajstić information content (AvgIpc) is 3.42. The quantitative estimate of drug-likeness (QED) is 0.497. The molecular weight excluding hydrogens is 386 g/mol. The molecule has 0 saturated carbocycles. The van der Waals surface area contributed by atoms with Crippen molar-refractivity contribution < 1.29 is 9.53 Å². The number of benzene rings is 2. The fourth-order valence-corrected chi connectivity index (χ4v) is 4.51. The fraction of sp³-hybridized carbons (Fsp3) is 0.286. The molecule has 0 bridgehead atoms. The van der Waals surface area contributed by atoms with E-state index in [1.807, 2.05) is 59.5 Å². The van der Waals surface area contributed by atoms with Gasteiger partial charge in [-0.1, -0.05) is 54.2 Å². The topological polar surface area (TPSA) is 86.3 Å². The summed E-state index contributed by atoms with van der Waals surface area (Å²) in [5.41, 5.74) is 1.68. The van der Waals surface area contributed by atoms with Crippen LogP contribution in [0.3, 0.4) is 0 Å². The van der Waals surface area contributed by atoms with Crippen LogP contribution in [-0.2, 0) is 4.79 Å². The van der Waals surface area contributed by atoms with Crippen molar-refractivity contribution in [3.8, 4) is 17.1 Å². The van der Waals surface area contributed by atoms with E-state index in [1.165, 1.54) is 16.4 Å². The maximum atomic E-state index is 13.2. The van der Waals surface area contributed by atoms with E-state index >= 15 is 0 Å². The molecule has 1 fully saturated rings. The molecule has 0 radical (unpaired) electrons. The number of hydrogen-bond donors (Lipinski definition) is 1. The Hall–Kier alpha value is -3.00. The van der Waals surface area contributed by atoms with E-state index in [0.29, 0.717) is 16.7 Å². The number of rotatable bonds is 6. The molecule has 1 amide bonds. The molecule has 1 aromatic heterocycles. The van der Waals surface area contributed by atoms with Crippen molar-refractivity contribution in [3.05, 3.63) is 60.2 Å². The Morgan fingerprint density at radius 1 is 1.07 bits per heavy atom. The van der Waals surface area contributed by atoms with Crippen LogP contribution in [-0.4, -0.2) is 45.9 Å². The van der Waals surface area contributed by atoms with Gasteiger partial charge in [-0.25, -0.2) is 4.68 Å². The molecule has 2 N–H and O–H groups in total. The summed E-state index contributed by atoms with van der Waals surface area (Å²) in [6.45, 7) is 1.59. The lowest BCUT2D eigenvalue weighted by Crippen LogP contribution is -2.31. The number of carbonyl (C=O) groups is 1. The Morgan fingerprint density at radius 3 is 2.48 bits per heavy atom. The minimum Gasteiger partial charge on any atom is -0.496 e. The molecule has 8 heteroatoms. The number of nitrogens with two attached hydrogens (primary N) is 1. The molecule has 2 heterocycles. The van der Waals surface area contributed by atoms with Crippen LogP contribution in [0.25, 0.3) is 11.4 Å². The Morgan fingerprint density at radius 2 is 1.76 bits per heavy atom. The minimum absolute atomic E-state index is 0.0838. The zero-order valence-electron chi connectivity index (χ0n) is 16.2. The minimum atomic E-state index is -0.425. The van der Waals surface area contributed by atoms with Gasteiger partial charge in [0, 0.05) is 13.1 Å². The molecule has 0 aliphatic carbocycles.